The maximum atomic E-state index is 12.2. The van der Waals surface area contributed by atoms with Crippen LogP contribution in [0.15, 0.2) is 48.8 Å². The zero-order valence-electron chi connectivity index (χ0n) is 14.9. The van der Waals surface area contributed by atoms with Gasteiger partial charge in [-0.1, -0.05) is 36.4 Å². The Morgan fingerprint density at radius 2 is 1.96 bits per heavy atom. The van der Waals surface area contributed by atoms with E-state index < -0.39 is 0 Å². The van der Waals surface area contributed by atoms with Crippen LogP contribution in [-0.2, 0) is 11.2 Å². The van der Waals surface area contributed by atoms with Gasteiger partial charge in [0.05, 0.1) is 0 Å². The number of carbonyl (C=O) groups is 1. The molecule has 1 saturated carbocycles. The third kappa shape index (κ3) is 3.50. The van der Waals surface area contributed by atoms with Gasteiger partial charge < -0.3 is 5.73 Å². The van der Waals surface area contributed by atoms with E-state index in [1.54, 1.807) is 0 Å². The number of aromatic nitrogens is 1. The number of nitrogens with two attached hydrogens (primary N) is 1. The molecule has 26 heavy (non-hydrogen) atoms. The lowest BCUT2D eigenvalue weighted by atomic mass is 9.68. The first kappa shape index (κ1) is 17.2. The van der Waals surface area contributed by atoms with E-state index in [0.717, 1.165) is 25.7 Å². The minimum atomic E-state index is 0.0847. The SMILES string of the molecule is NCC1NNC(=O)C2CCC(c3cncc(Cc4ccccc4)c3)CC12. The molecule has 5 heteroatoms. The Kier molecular flexibility index (Phi) is 5.00. The third-order valence-electron chi connectivity index (χ3n) is 5.93. The van der Waals surface area contributed by atoms with Crippen LogP contribution in [0.4, 0.5) is 0 Å². The monoisotopic (exact) mass is 350 g/mol. The fourth-order valence-electron chi connectivity index (χ4n) is 4.53. The zero-order chi connectivity index (χ0) is 17.9. The van der Waals surface area contributed by atoms with Crippen LogP contribution in [0.3, 0.4) is 0 Å². The van der Waals surface area contributed by atoms with Crippen LogP contribution in [0.25, 0.3) is 0 Å². The first-order chi connectivity index (χ1) is 12.7. The Morgan fingerprint density at radius 1 is 1.12 bits per heavy atom. The number of nitrogens with zero attached hydrogens (tertiary/aromatic N) is 1. The van der Waals surface area contributed by atoms with Crippen LogP contribution in [-0.4, -0.2) is 23.5 Å². The molecule has 4 unspecified atom stereocenters. The maximum Gasteiger partial charge on any atom is 0.237 e. The molecule has 2 aliphatic rings. The molecular weight excluding hydrogens is 324 g/mol. The molecule has 1 amide bonds. The van der Waals surface area contributed by atoms with Gasteiger partial charge in [-0.05, 0) is 54.2 Å². The quantitative estimate of drug-likeness (QED) is 0.789. The summed E-state index contributed by atoms with van der Waals surface area (Å²) < 4.78 is 0. The number of pyridine rings is 1. The molecule has 136 valence electrons. The Labute approximate surface area is 154 Å². The molecule has 1 aliphatic heterocycles. The molecule has 0 radical (unpaired) electrons. The number of nitrogens with one attached hydrogen (secondary N) is 2. The molecule has 0 bridgehead atoms. The topological polar surface area (TPSA) is 80.0 Å². The molecular formula is C21H26N4O. The Morgan fingerprint density at radius 3 is 2.77 bits per heavy atom. The maximum absolute atomic E-state index is 12.2. The van der Waals surface area contributed by atoms with E-state index in [9.17, 15) is 4.79 Å². The molecule has 4 N–H and O–H groups in total. The summed E-state index contributed by atoms with van der Waals surface area (Å²) in [6, 6.07) is 12.9. The molecule has 5 nitrogen and oxygen atoms in total. The summed E-state index contributed by atoms with van der Waals surface area (Å²) >= 11 is 0. The first-order valence-corrected chi connectivity index (χ1v) is 9.48. The fraction of sp³-hybridized carbons (Fsp3) is 0.429. The van der Waals surface area contributed by atoms with Crippen LogP contribution >= 0.6 is 0 Å². The van der Waals surface area contributed by atoms with E-state index in [4.69, 9.17) is 5.73 Å². The summed E-state index contributed by atoms with van der Waals surface area (Å²) in [6.07, 6.45) is 7.79. The summed E-state index contributed by atoms with van der Waals surface area (Å²) in [7, 11) is 0. The lowest BCUT2D eigenvalue weighted by Crippen LogP contribution is -2.62. The predicted octanol–water partition coefficient (Wildman–Crippen LogP) is 2.13. The normalized spacial score (nSPS) is 28.3. The largest absolute Gasteiger partial charge is 0.329 e. The van der Waals surface area contributed by atoms with Gasteiger partial charge in [-0.15, -0.1) is 0 Å². The molecule has 1 aromatic carbocycles. The molecule has 1 saturated heterocycles. The average molecular weight is 350 g/mol. The lowest BCUT2D eigenvalue weighted by molar-refractivity contribution is -0.133. The minimum absolute atomic E-state index is 0.0847. The Balaban J connectivity index is 1.51. The van der Waals surface area contributed by atoms with Crippen molar-refractivity contribution in [2.24, 2.45) is 17.6 Å². The van der Waals surface area contributed by atoms with Crippen LogP contribution in [0.2, 0.25) is 0 Å². The van der Waals surface area contributed by atoms with E-state index >= 15 is 0 Å². The average Bonchev–Trinajstić information content (AvgIpc) is 2.69. The van der Waals surface area contributed by atoms with E-state index in [1.807, 2.05) is 18.5 Å². The van der Waals surface area contributed by atoms with E-state index in [-0.39, 0.29) is 17.9 Å². The molecule has 2 aromatic rings. The van der Waals surface area contributed by atoms with Gasteiger partial charge in [0.2, 0.25) is 5.91 Å². The summed E-state index contributed by atoms with van der Waals surface area (Å²) in [6.45, 7) is 0.542. The van der Waals surface area contributed by atoms with Crippen molar-refractivity contribution < 1.29 is 4.79 Å². The Hall–Kier alpha value is -2.24. The van der Waals surface area contributed by atoms with E-state index in [1.165, 1.54) is 16.7 Å². The van der Waals surface area contributed by atoms with Gasteiger partial charge in [0.25, 0.3) is 0 Å². The summed E-state index contributed by atoms with van der Waals surface area (Å²) in [5.74, 6) is 0.946. The number of carbonyl (C=O) groups excluding carboxylic acids is 1. The van der Waals surface area contributed by atoms with E-state index in [0.29, 0.717) is 18.4 Å². The van der Waals surface area contributed by atoms with Crippen molar-refractivity contribution in [3.8, 4) is 0 Å². The highest BCUT2D eigenvalue weighted by Crippen LogP contribution is 2.42. The van der Waals surface area contributed by atoms with Crippen LogP contribution in [0.5, 0.6) is 0 Å². The lowest BCUT2D eigenvalue weighted by Gasteiger charge is -2.43. The zero-order valence-corrected chi connectivity index (χ0v) is 14.9. The number of hydrazine groups is 1. The number of hydrogen-bond donors (Lipinski definition) is 3. The molecule has 4 rings (SSSR count). The minimum Gasteiger partial charge on any atom is -0.329 e. The molecule has 4 atom stereocenters. The fourth-order valence-corrected chi connectivity index (χ4v) is 4.53. The van der Waals surface area contributed by atoms with Gasteiger partial charge in [0, 0.05) is 30.9 Å². The number of rotatable bonds is 4. The molecule has 0 spiro atoms. The molecule has 1 aromatic heterocycles. The number of benzene rings is 1. The standard InChI is InChI=1S/C21H26N4O/c22-11-20-19-10-16(6-7-18(19)21(26)25-24-20)17-9-15(12-23-13-17)8-14-4-2-1-3-5-14/h1-5,9,12-13,16,18-20,24H,6-8,10-11,22H2,(H,25,26). The van der Waals surface area contributed by atoms with Crippen molar-refractivity contribution in [3.63, 3.8) is 0 Å². The first-order valence-electron chi connectivity index (χ1n) is 9.48. The van der Waals surface area contributed by atoms with Gasteiger partial charge in [-0.2, -0.15) is 0 Å². The van der Waals surface area contributed by atoms with Crippen LogP contribution in [0, 0.1) is 11.8 Å². The van der Waals surface area contributed by atoms with Crippen molar-refractivity contribution >= 4 is 5.91 Å². The van der Waals surface area contributed by atoms with Crippen LogP contribution in [0.1, 0.15) is 41.9 Å². The highest BCUT2D eigenvalue weighted by Gasteiger charge is 2.42. The number of hydrogen-bond acceptors (Lipinski definition) is 4. The summed E-state index contributed by atoms with van der Waals surface area (Å²) in [5, 5.41) is 0. The smallest absolute Gasteiger partial charge is 0.237 e. The number of fused-ring (bicyclic) bond motifs is 1. The van der Waals surface area contributed by atoms with Crippen LogP contribution < -0.4 is 16.6 Å². The number of amides is 1. The van der Waals surface area contributed by atoms with Crippen molar-refractivity contribution in [1.82, 2.24) is 15.8 Å². The summed E-state index contributed by atoms with van der Waals surface area (Å²) in [5.41, 5.74) is 15.6. The van der Waals surface area contributed by atoms with Gasteiger partial charge in [0.15, 0.2) is 0 Å². The van der Waals surface area contributed by atoms with Crippen molar-refractivity contribution in [3.05, 3.63) is 65.5 Å². The highest BCUT2D eigenvalue weighted by molar-refractivity contribution is 5.79. The molecule has 2 heterocycles. The van der Waals surface area contributed by atoms with Gasteiger partial charge in [0.1, 0.15) is 0 Å². The molecule has 1 aliphatic carbocycles. The van der Waals surface area contributed by atoms with Crippen molar-refractivity contribution in [1.29, 1.82) is 0 Å². The van der Waals surface area contributed by atoms with Crippen molar-refractivity contribution in [2.75, 3.05) is 6.54 Å². The third-order valence-corrected chi connectivity index (χ3v) is 5.93. The predicted molar refractivity (Wildman–Crippen MR) is 101 cm³/mol. The second-order valence-electron chi connectivity index (χ2n) is 7.55. The highest BCUT2D eigenvalue weighted by atomic mass is 16.2. The van der Waals surface area contributed by atoms with Crippen molar-refractivity contribution in [2.45, 2.75) is 37.6 Å². The van der Waals surface area contributed by atoms with Gasteiger partial charge in [-0.25, -0.2) is 5.43 Å². The summed E-state index contributed by atoms with van der Waals surface area (Å²) in [4.78, 5) is 16.7. The second-order valence-corrected chi connectivity index (χ2v) is 7.55. The van der Waals surface area contributed by atoms with E-state index in [2.05, 4.69) is 46.2 Å². The molecule has 2 fully saturated rings. The van der Waals surface area contributed by atoms with Gasteiger partial charge >= 0.3 is 0 Å². The second kappa shape index (κ2) is 7.56. The Bertz CT molecular complexity index is 764. The van der Waals surface area contributed by atoms with Gasteiger partial charge in [-0.3, -0.25) is 15.2 Å².